The van der Waals surface area contributed by atoms with Gasteiger partial charge in [-0.1, -0.05) is 0 Å². The molecular weight excluding hydrogens is 234 g/mol. The summed E-state index contributed by atoms with van der Waals surface area (Å²) in [5.74, 6) is -0.773. The highest BCUT2D eigenvalue weighted by atomic mass is 19.3. The Kier molecular flexibility index (Phi) is 4.19. The molecule has 7 heteroatoms. The van der Waals surface area contributed by atoms with Crippen molar-refractivity contribution in [3.63, 3.8) is 0 Å². The first kappa shape index (κ1) is 13.1. The molecule has 0 amide bonds. The van der Waals surface area contributed by atoms with Crippen LogP contribution in [0.4, 0.5) is 14.6 Å². The molecule has 17 heavy (non-hydrogen) atoms. The van der Waals surface area contributed by atoms with Crippen LogP contribution in [0.2, 0.25) is 0 Å². The molecule has 2 N–H and O–H groups in total. The number of pyridine rings is 1. The molecule has 0 unspecified atom stereocenters. The first-order chi connectivity index (χ1) is 7.99. The number of aromatic nitrogens is 1. The third-order valence-electron chi connectivity index (χ3n) is 2.12. The maximum absolute atomic E-state index is 12.6. The van der Waals surface area contributed by atoms with Crippen molar-refractivity contribution in [2.75, 3.05) is 20.0 Å². The molecule has 0 saturated heterocycles. The van der Waals surface area contributed by atoms with Crippen LogP contribution < -0.4 is 10.5 Å². The minimum absolute atomic E-state index is 0.104. The van der Waals surface area contributed by atoms with Gasteiger partial charge >= 0.3 is 5.97 Å². The van der Waals surface area contributed by atoms with Gasteiger partial charge in [0.05, 0.1) is 20.6 Å². The first-order valence-electron chi connectivity index (χ1n) is 4.67. The maximum atomic E-state index is 12.6. The molecule has 1 aromatic rings. The van der Waals surface area contributed by atoms with Crippen LogP contribution in [0.3, 0.4) is 0 Å². The first-order valence-corrected chi connectivity index (χ1v) is 4.67. The van der Waals surface area contributed by atoms with Crippen molar-refractivity contribution in [3.8, 4) is 5.75 Å². The lowest BCUT2D eigenvalue weighted by atomic mass is 10.1. The predicted molar refractivity (Wildman–Crippen MR) is 55.9 cm³/mol. The summed E-state index contributed by atoms with van der Waals surface area (Å²) in [4.78, 5) is 14.6. The largest absolute Gasteiger partial charge is 0.495 e. The molecule has 0 fully saturated rings. The highest BCUT2D eigenvalue weighted by Crippen LogP contribution is 2.30. The Morgan fingerprint density at radius 3 is 2.65 bits per heavy atom. The average Bonchev–Trinajstić information content (AvgIpc) is 2.30. The van der Waals surface area contributed by atoms with Crippen LogP contribution in [0.1, 0.15) is 17.7 Å². The molecule has 1 rings (SSSR count). The number of ether oxygens (including phenoxy) is 2. The summed E-state index contributed by atoms with van der Waals surface area (Å²) in [7, 11) is 2.46. The molecule has 0 aromatic carbocycles. The highest BCUT2D eigenvalue weighted by Gasteiger charge is 2.19. The van der Waals surface area contributed by atoms with Gasteiger partial charge in [0.1, 0.15) is 11.6 Å². The molecule has 1 aromatic heterocycles. The zero-order valence-electron chi connectivity index (χ0n) is 9.37. The molecule has 94 valence electrons. The Bertz CT molecular complexity index is 424. The van der Waals surface area contributed by atoms with E-state index in [0.29, 0.717) is 0 Å². The van der Waals surface area contributed by atoms with E-state index in [1.807, 2.05) is 0 Å². The normalized spacial score (nSPS) is 10.4. The smallest absolute Gasteiger partial charge is 0.310 e. The molecule has 0 atom stereocenters. The lowest BCUT2D eigenvalue weighted by Crippen LogP contribution is -2.10. The SMILES string of the molecule is COC(=O)Cc1cc(OC)c(C(F)F)nc1N. The Labute approximate surface area is 96.5 Å². The summed E-state index contributed by atoms with van der Waals surface area (Å²) in [6.07, 6.45) is -2.94. The molecule has 0 radical (unpaired) electrons. The van der Waals surface area contributed by atoms with E-state index in [1.54, 1.807) is 0 Å². The van der Waals surface area contributed by atoms with Crippen molar-refractivity contribution in [1.82, 2.24) is 4.98 Å². The Morgan fingerprint density at radius 2 is 2.18 bits per heavy atom. The van der Waals surface area contributed by atoms with E-state index in [2.05, 4.69) is 9.72 Å². The molecule has 0 aliphatic rings. The minimum atomic E-state index is -2.79. The number of hydrogen-bond acceptors (Lipinski definition) is 5. The lowest BCUT2D eigenvalue weighted by Gasteiger charge is -2.11. The third-order valence-corrected chi connectivity index (χ3v) is 2.12. The van der Waals surface area contributed by atoms with Gasteiger partial charge < -0.3 is 15.2 Å². The fraction of sp³-hybridized carbons (Fsp3) is 0.400. The van der Waals surface area contributed by atoms with Crippen LogP contribution in [0.15, 0.2) is 6.07 Å². The maximum Gasteiger partial charge on any atom is 0.310 e. The van der Waals surface area contributed by atoms with Crippen LogP contribution >= 0.6 is 0 Å². The van der Waals surface area contributed by atoms with E-state index in [9.17, 15) is 13.6 Å². The molecular formula is C10H12F2N2O3. The number of rotatable bonds is 4. The summed E-state index contributed by atoms with van der Waals surface area (Å²) >= 11 is 0. The number of methoxy groups -OCH3 is 2. The number of anilines is 1. The Morgan fingerprint density at radius 1 is 1.53 bits per heavy atom. The molecule has 0 spiro atoms. The zero-order valence-corrected chi connectivity index (χ0v) is 9.37. The number of hydrogen-bond donors (Lipinski definition) is 1. The van der Waals surface area contributed by atoms with E-state index in [-0.39, 0.29) is 23.6 Å². The van der Waals surface area contributed by atoms with Gasteiger partial charge in [-0.15, -0.1) is 0 Å². The van der Waals surface area contributed by atoms with E-state index in [0.717, 1.165) is 0 Å². The number of nitrogens with two attached hydrogens (primary N) is 1. The second kappa shape index (κ2) is 5.42. The number of alkyl halides is 2. The number of carbonyl (C=O) groups excluding carboxylic acids is 1. The summed E-state index contributed by atoms with van der Waals surface area (Å²) in [6.45, 7) is 0. The van der Waals surface area contributed by atoms with Crippen molar-refractivity contribution in [3.05, 3.63) is 17.3 Å². The van der Waals surface area contributed by atoms with Gasteiger partial charge in [0.15, 0.2) is 5.69 Å². The van der Waals surface area contributed by atoms with Crippen molar-refractivity contribution in [2.45, 2.75) is 12.8 Å². The molecule has 0 aliphatic heterocycles. The van der Waals surface area contributed by atoms with Crippen molar-refractivity contribution >= 4 is 11.8 Å². The molecule has 0 bridgehead atoms. The van der Waals surface area contributed by atoms with Crippen molar-refractivity contribution in [2.24, 2.45) is 0 Å². The Hall–Kier alpha value is -1.92. The van der Waals surface area contributed by atoms with Crippen LogP contribution in [0, 0.1) is 0 Å². The fourth-order valence-electron chi connectivity index (χ4n) is 1.25. The van der Waals surface area contributed by atoms with Gasteiger partial charge in [0, 0.05) is 5.56 Å². The van der Waals surface area contributed by atoms with Gasteiger partial charge in [-0.3, -0.25) is 4.79 Å². The van der Waals surface area contributed by atoms with Gasteiger partial charge in [-0.2, -0.15) is 0 Å². The molecule has 1 heterocycles. The number of halogens is 2. The lowest BCUT2D eigenvalue weighted by molar-refractivity contribution is -0.139. The number of carbonyl (C=O) groups is 1. The van der Waals surface area contributed by atoms with Crippen LogP contribution in [0.5, 0.6) is 5.75 Å². The standard InChI is InChI=1S/C10H12F2N2O3/c1-16-6-3-5(4-7(15)17-2)10(13)14-8(6)9(11)12/h3,9H,4H2,1-2H3,(H2,13,14). The second-order valence-electron chi connectivity index (χ2n) is 3.17. The zero-order chi connectivity index (χ0) is 13.0. The number of esters is 1. The fourth-order valence-corrected chi connectivity index (χ4v) is 1.25. The number of nitrogens with zero attached hydrogens (tertiary/aromatic N) is 1. The second-order valence-corrected chi connectivity index (χ2v) is 3.17. The van der Waals surface area contributed by atoms with Gasteiger partial charge in [-0.05, 0) is 6.07 Å². The van der Waals surface area contributed by atoms with Gasteiger partial charge in [0.2, 0.25) is 0 Å². The quantitative estimate of drug-likeness (QED) is 0.811. The van der Waals surface area contributed by atoms with E-state index >= 15 is 0 Å². The van der Waals surface area contributed by atoms with Crippen LogP contribution in [0.25, 0.3) is 0 Å². The topological polar surface area (TPSA) is 74.4 Å². The van der Waals surface area contributed by atoms with Crippen LogP contribution in [-0.2, 0) is 16.0 Å². The highest BCUT2D eigenvalue weighted by molar-refractivity contribution is 5.74. The van der Waals surface area contributed by atoms with E-state index in [4.69, 9.17) is 10.5 Å². The van der Waals surface area contributed by atoms with Crippen LogP contribution in [-0.4, -0.2) is 25.2 Å². The van der Waals surface area contributed by atoms with Crippen molar-refractivity contribution in [1.29, 1.82) is 0 Å². The summed E-state index contributed by atoms with van der Waals surface area (Å²) < 4.78 is 34.3. The summed E-state index contributed by atoms with van der Waals surface area (Å²) in [5.41, 5.74) is 5.22. The minimum Gasteiger partial charge on any atom is -0.495 e. The molecule has 5 nitrogen and oxygen atoms in total. The predicted octanol–water partition coefficient (Wildman–Crippen LogP) is 1.33. The third kappa shape index (κ3) is 3.02. The van der Waals surface area contributed by atoms with Gasteiger partial charge in [-0.25, -0.2) is 13.8 Å². The molecule has 0 saturated carbocycles. The van der Waals surface area contributed by atoms with E-state index in [1.165, 1.54) is 20.3 Å². The van der Waals surface area contributed by atoms with E-state index < -0.39 is 18.1 Å². The van der Waals surface area contributed by atoms with Crippen molar-refractivity contribution < 1.29 is 23.0 Å². The summed E-state index contributed by atoms with van der Waals surface area (Å²) in [5, 5.41) is 0. The summed E-state index contributed by atoms with van der Waals surface area (Å²) in [6, 6.07) is 1.26. The van der Waals surface area contributed by atoms with Gasteiger partial charge in [0.25, 0.3) is 6.43 Å². The number of nitrogen functional groups attached to an aromatic ring is 1. The Balaban J connectivity index is 3.13. The average molecular weight is 246 g/mol. The monoisotopic (exact) mass is 246 g/mol. The molecule has 0 aliphatic carbocycles.